The molecule has 4 rings (SSSR count). The first-order valence-electron chi connectivity index (χ1n) is 8.46. The highest BCUT2D eigenvalue weighted by Crippen LogP contribution is 2.47. The molecule has 5 nitrogen and oxygen atoms in total. The van der Waals surface area contributed by atoms with E-state index in [0.29, 0.717) is 5.56 Å². The van der Waals surface area contributed by atoms with E-state index in [4.69, 9.17) is 0 Å². The number of hydrogen-bond donors (Lipinski definition) is 2. The van der Waals surface area contributed by atoms with Crippen molar-refractivity contribution < 1.29 is 9.59 Å². The Labute approximate surface area is 161 Å². The van der Waals surface area contributed by atoms with E-state index >= 15 is 0 Å². The highest BCUT2D eigenvalue weighted by atomic mass is 32.2. The Morgan fingerprint density at radius 2 is 1.44 bits per heavy atom. The number of nitrogens with one attached hydrogen (secondary N) is 2. The molecule has 0 spiro atoms. The summed E-state index contributed by atoms with van der Waals surface area (Å²) >= 11 is 1.62. The Morgan fingerprint density at radius 1 is 0.815 bits per heavy atom. The molecule has 1 aliphatic rings. The maximum atomic E-state index is 12.9. The van der Waals surface area contributed by atoms with Gasteiger partial charge in [0, 0.05) is 15.4 Å². The minimum absolute atomic E-state index is 0.361. The Morgan fingerprint density at radius 3 is 2.07 bits per heavy atom. The van der Waals surface area contributed by atoms with Gasteiger partial charge in [0.25, 0.3) is 5.91 Å². The molecule has 27 heavy (non-hydrogen) atoms. The number of benzene rings is 3. The molecule has 134 valence electrons. The molecule has 1 heterocycles. The van der Waals surface area contributed by atoms with Gasteiger partial charge in [-0.25, -0.2) is 10.2 Å². The molecule has 6 heteroatoms. The zero-order valence-electron chi connectivity index (χ0n) is 14.6. The summed E-state index contributed by atoms with van der Waals surface area (Å²) in [6, 6.07) is 22.2. The molecule has 0 unspecified atom stereocenters. The topological polar surface area (TPSA) is 61.4 Å². The number of urea groups is 1. The third-order valence-electron chi connectivity index (χ3n) is 4.20. The summed E-state index contributed by atoms with van der Waals surface area (Å²) in [4.78, 5) is 28.8. The van der Waals surface area contributed by atoms with Gasteiger partial charge in [-0.2, -0.15) is 0 Å². The lowest BCUT2D eigenvalue weighted by atomic mass is 10.1. The standard InChI is InChI=1S/C21H17N3O2S/c1-14-7-6-8-15(13-14)20(25)22-23-21(26)24-16-9-2-4-11-18(16)27-19-12-5-3-10-17(19)24/h2-13H,1H3,(H,22,25)(H,23,26). The second-order valence-corrected chi connectivity index (χ2v) is 7.21. The minimum atomic E-state index is -0.420. The minimum Gasteiger partial charge on any atom is -0.267 e. The Hall–Kier alpha value is -3.25. The molecule has 0 radical (unpaired) electrons. The number of para-hydroxylation sites is 2. The summed E-state index contributed by atoms with van der Waals surface area (Å²) in [7, 11) is 0. The Kier molecular flexibility index (Phi) is 4.56. The fraction of sp³-hybridized carbons (Fsp3) is 0.0476. The van der Waals surface area contributed by atoms with Crippen molar-refractivity contribution in [2.45, 2.75) is 16.7 Å². The van der Waals surface area contributed by atoms with Crippen LogP contribution < -0.4 is 15.8 Å². The van der Waals surface area contributed by atoms with Gasteiger partial charge in [-0.15, -0.1) is 0 Å². The number of aryl methyl sites for hydroxylation is 1. The molecule has 0 aromatic heterocycles. The van der Waals surface area contributed by atoms with Crippen LogP contribution in [-0.4, -0.2) is 11.9 Å². The number of amides is 3. The number of carbonyl (C=O) groups is 2. The van der Waals surface area contributed by atoms with Crippen molar-refractivity contribution in [3.63, 3.8) is 0 Å². The van der Waals surface area contributed by atoms with E-state index in [9.17, 15) is 9.59 Å². The quantitative estimate of drug-likeness (QED) is 0.609. The van der Waals surface area contributed by atoms with Crippen LogP contribution in [0.4, 0.5) is 16.2 Å². The average molecular weight is 375 g/mol. The molecule has 0 bridgehead atoms. The first-order chi connectivity index (χ1) is 13.1. The van der Waals surface area contributed by atoms with E-state index in [1.165, 1.54) is 0 Å². The maximum Gasteiger partial charge on any atom is 0.345 e. The van der Waals surface area contributed by atoms with Crippen molar-refractivity contribution in [1.82, 2.24) is 10.9 Å². The van der Waals surface area contributed by atoms with Crippen molar-refractivity contribution in [1.29, 1.82) is 0 Å². The SMILES string of the molecule is Cc1cccc(C(=O)NNC(=O)N2c3ccccc3Sc3ccccc32)c1. The van der Waals surface area contributed by atoms with E-state index < -0.39 is 6.03 Å². The first kappa shape index (κ1) is 17.2. The van der Waals surface area contributed by atoms with Crippen LogP contribution in [0.2, 0.25) is 0 Å². The Bertz CT molecular complexity index is 990. The second kappa shape index (κ2) is 7.17. The first-order valence-corrected chi connectivity index (χ1v) is 9.28. The molecule has 0 saturated heterocycles. The van der Waals surface area contributed by atoms with E-state index in [1.54, 1.807) is 34.9 Å². The van der Waals surface area contributed by atoms with Gasteiger partial charge in [0.1, 0.15) is 0 Å². The third-order valence-corrected chi connectivity index (χ3v) is 5.33. The molecule has 2 N–H and O–H groups in total. The van der Waals surface area contributed by atoms with Gasteiger partial charge >= 0.3 is 6.03 Å². The van der Waals surface area contributed by atoms with Crippen LogP contribution in [0.25, 0.3) is 0 Å². The lowest BCUT2D eigenvalue weighted by molar-refractivity contribution is 0.0937. The van der Waals surface area contributed by atoms with Gasteiger partial charge < -0.3 is 0 Å². The van der Waals surface area contributed by atoms with Gasteiger partial charge in [-0.05, 0) is 43.3 Å². The van der Waals surface area contributed by atoms with Crippen LogP contribution in [0, 0.1) is 6.92 Å². The van der Waals surface area contributed by atoms with Crippen LogP contribution in [0.5, 0.6) is 0 Å². The number of anilines is 2. The van der Waals surface area contributed by atoms with Crippen LogP contribution in [-0.2, 0) is 0 Å². The fourth-order valence-electron chi connectivity index (χ4n) is 2.95. The number of nitrogens with zero attached hydrogens (tertiary/aromatic N) is 1. The largest absolute Gasteiger partial charge is 0.345 e. The lowest BCUT2D eigenvalue weighted by Gasteiger charge is -2.30. The summed E-state index contributed by atoms with van der Waals surface area (Å²) in [6.07, 6.45) is 0. The molecule has 0 aliphatic carbocycles. The van der Waals surface area contributed by atoms with Crippen LogP contribution in [0.1, 0.15) is 15.9 Å². The van der Waals surface area contributed by atoms with Crippen molar-refractivity contribution in [2.24, 2.45) is 0 Å². The highest BCUT2D eigenvalue weighted by molar-refractivity contribution is 7.99. The van der Waals surface area contributed by atoms with Gasteiger partial charge in [0.2, 0.25) is 0 Å². The molecule has 0 saturated carbocycles. The fourth-order valence-corrected chi connectivity index (χ4v) is 4.01. The van der Waals surface area contributed by atoms with Crippen LogP contribution in [0.3, 0.4) is 0 Å². The van der Waals surface area contributed by atoms with Crippen molar-refractivity contribution in [3.8, 4) is 0 Å². The van der Waals surface area contributed by atoms with Crippen LogP contribution >= 0.6 is 11.8 Å². The second-order valence-electron chi connectivity index (χ2n) is 6.13. The van der Waals surface area contributed by atoms with Crippen molar-refractivity contribution in [2.75, 3.05) is 4.90 Å². The monoisotopic (exact) mass is 375 g/mol. The van der Waals surface area contributed by atoms with E-state index in [-0.39, 0.29) is 5.91 Å². The smallest absolute Gasteiger partial charge is 0.267 e. The van der Waals surface area contributed by atoms with Gasteiger partial charge in [-0.3, -0.25) is 15.1 Å². The Balaban J connectivity index is 1.58. The summed E-state index contributed by atoms with van der Waals surface area (Å²) in [5, 5.41) is 0. The number of hydrogen-bond acceptors (Lipinski definition) is 3. The molecule has 3 aromatic carbocycles. The number of carbonyl (C=O) groups excluding carboxylic acids is 2. The highest BCUT2D eigenvalue weighted by Gasteiger charge is 2.28. The molecule has 0 fully saturated rings. The molecule has 3 aromatic rings. The van der Waals surface area contributed by atoms with E-state index in [0.717, 1.165) is 26.7 Å². The summed E-state index contributed by atoms with van der Waals surface area (Å²) in [6.45, 7) is 1.91. The number of fused-ring (bicyclic) bond motifs is 2. The normalized spacial score (nSPS) is 12.0. The lowest BCUT2D eigenvalue weighted by Crippen LogP contribution is -2.48. The van der Waals surface area contributed by atoms with Crippen LogP contribution in [0.15, 0.2) is 82.6 Å². The summed E-state index contributed by atoms with van der Waals surface area (Å²) in [5.41, 5.74) is 8.06. The summed E-state index contributed by atoms with van der Waals surface area (Å²) < 4.78 is 0. The van der Waals surface area contributed by atoms with E-state index in [2.05, 4.69) is 10.9 Å². The van der Waals surface area contributed by atoms with Gasteiger partial charge in [0.05, 0.1) is 11.4 Å². The number of hydrazine groups is 1. The average Bonchev–Trinajstić information content (AvgIpc) is 2.70. The molecule has 3 amide bonds. The van der Waals surface area contributed by atoms with Gasteiger partial charge in [-0.1, -0.05) is 53.7 Å². The molecule has 0 atom stereocenters. The van der Waals surface area contributed by atoms with E-state index in [1.807, 2.05) is 61.5 Å². The zero-order valence-corrected chi connectivity index (χ0v) is 15.4. The van der Waals surface area contributed by atoms with Gasteiger partial charge in [0.15, 0.2) is 0 Å². The van der Waals surface area contributed by atoms with Crippen molar-refractivity contribution >= 4 is 35.1 Å². The molecular weight excluding hydrogens is 358 g/mol. The predicted molar refractivity (Wildman–Crippen MR) is 106 cm³/mol. The third kappa shape index (κ3) is 3.39. The zero-order chi connectivity index (χ0) is 18.8. The van der Waals surface area contributed by atoms with Crippen molar-refractivity contribution in [3.05, 3.63) is 83.9 Å². The summed E-state index contributed by atoms with van der Waals surface area (Å²) in [5.74, 6) is -0.361. The number of rotatable bonds is 1. The molecule has 1 aliphatic heterocycles. The molecular formula is C21H17N3O2S. The predicted octanol–water partition coefficient (Wildman–Crippen LogP) is 4.65. The maximum absolute atomic E-state index is 12.9.